The van der Waals surface area contributed by atoms with E-state index in [2.05, 4.69) is 53.3 Å². The maximum atomic E-state index is 4.02. The largest absolute Gasteiger partial charge is 0.358 e. The fourth-order valence-corrected chi connectivity index (χ4v) is 4.12. The van der Waals surface area contributed by atoms with E-state index < -0.39 is 0 Å². The Morgan fingerprint density at radius 3 is 2.58 bits per heavy atom. The van der Waals surface area contributed by atoms with Crippen LogP contribution in [0.1, 0.15) is 78.1 Å². The quantitative estimate of drug-likeness (QED) is 0.265. The van der Waals surface area contributed by atoms with Gasteiger partial charge in [-0.05, 0) is 50.5 Å². The van der Waals surface area contributed by atoms with Crippen LogP contribution in [0, 0.1) is 0 Å². The Kier molecular flexibility index (Phi) is 14.3. The number of aromatic nitrogens is 2. The predicted octanol–water partition coefficient (Wildman–Crippen LogP) is 6.55. The summed E-state index contributed by atoms with van der Waals surface area (Å²) in [5.74, 6) is 2.49. The van der Waals surface area contributed by atoms with Gasteiger partial charge in [0.25, 0.3) is 0 Å². The third kappa shape index (κ3) is 12.8. The number of anilines is 1. The molecule has 0 aromatic carbocycles. The zero-order chi connectivity index (χ0) is 17.3. The lowest BCUT2D eigenvalue weighted by Gasteiger charge is -2.11. The van der Waals surface area contributed by atoms with E-state index in [4.69, 9.17) is 0 Å². The van der Waals surface area contributed by atoms with Gasteiger partial charge in [0, 0.05) is 6.04 Å². The van der Waals surface area contributed by atoms with E-state index in [0.717, 1.165) is 5.13 Å². The molecule has 5 heteroatoms. The molecule has 0 bridgehead atoms. The lowest BCUT2D eigenvalue weighted by molar-refractivity contribution is 0.611. The van der Waals surface area contributed by atoms with E-state index in [-0.39, 0.29) is 0 Å². The molecule has 0 spiro atoms. The molecule has 1 aromatic rings. The van der Waals surface area contributed by atoms with Gasteiger partial charge in [-0.3, -0.25) is 0 Å². The van der Waals surface area contributed by atoms with Crippen LogP contribution < -0.4 is 5.32 Å². The van der Waals surface area contributed by atoms with Gasteiger partial charge in [0.1, 0.15) is 5.51 Å². The molecule has 1 aromatic heterocycles. The highest BCUT2D eigenvalue weighted by atomic mass is 32.2. The summed E-state index contributed by atoms with van der Waals surface area (Å²) in [6, 6.07) is 0.475. The number of rotatable bonds is 16. The third-order valence-electron chi connectivity index (χ3n) is 3.98. The monoisotopic (exact) mass is 369 g/mol. The molecule has 3 nitrogen and oxygen atoms in total. The number of nitrogens with one attached hydrogen (secondary N) is 1. The number of nitrogens with zero attached hydrogens (tertiary/aromatic N) is 2. The molecule has 0 aliphatic rings. The Bertz CT molecular complexity index is 393. The molecule has 1 atom stereocenters. The van der Waals surface area contributed by atoms with Crippen molar-refractivity contribution in [3.05, 3.63) is 17.7 Å². The second kappa shape index (κ2) is 15.9. The van der Waals surface area contributed by atoms with E-state index in [9.17, 15) is 0 Å². The summed E-state index contributed by atoms with van der Waals surface area (Å²) >= 11 is 3.63. The van der Waals surface area contributed by atoms with Crippen molar-refractivity contribution in [2.45, 2.75) is 84.1 Å². The molecule has 138 valence electrons. The van der Waals surface area contributed by atoms with Gasteiger partial charge in [-0.25, -0.2) is 0 Å². The van der Waals surface area contributed by atoms with Crippen LogP contribution in [-0.2, 0) is 0 Å². The average molecular weight is 370 g/mol. The van der Waals surface area contributed by atoms with Crippen LogP contribution in [0.25, 0.3) is 0 Å². The fraction of sp³-hybridized carbons (Fsp3) is 0.789. The highest BCUT2D eigenvalue weighted by Gasteiger charge is 2.03. The van der Waals surface area contributed by atoms with Crippen LogP contribution in [0.15, 0.2) is 17.7 Å². The van der Waals surface area contributed by atoms with Crippen molar-refractivity contribution >= 4 is 28.2 Å². The summed E-state index contributed by atoms with van der Waals surface area (Å²) in [5.41, 5.74) is 1.77. The molecule has 1 rings (SSSR count). The number of thioether (sulfide) groups is 1. The minimum absolute atomic E-state index is 0.475. The maximum Gasteiger partial charge on any atom is 0.205 e. The van der Waals surface area contributed by atoms with Crippen LogP contribution in [-0.4, -0.2) is 27.7 Å². The second-order valence-electron chi connectivity index (χ2n) is 6.36. The van der Waals surface area contributed by atoms with Crippen molar-refractivity contribution in [1.29, 1.82) is 0 Å². The number of allylic oxidation sites excluding steroid dienone is 2. The summed E-state index contributed by atoms with van der Waals surface area (Å²) in [6.45, 7) is 4.49. The molecule has 1 heterocycles. The van der Waals surface area contributed by atoms with Gasteiger partial charge in [-0.2, -0.15) is 11.8 Å². The summed E-state index contributed by atoms with van der Waals surface area (Å²) in [6.07, 6.45) is 18.1. The maximum absolute atomic E-state index is 4.02. The molecule has 0 saturated carbocycles. The van der Waals surface area contributed by atoms with Crippen LogP contribution >= 0.6 is 23.1 Å². The molecular weight excluding hydrogens is 334 g/mol. The first-order valence-corrected chi connectivity index (χ1v) is 11.6. The van der Waals surface area contributed by atoms with Crippen LogP contribution in [0.5, 0.6) is 0 Å². The molecule has 0 aliphatic carbocycles. The van der Waals surface area contributed by atoms with Crippen molar-refractivity contribution in [2.75, 3.05) is 16.8 Å². The summed E-state index contributed by atoms with van der Waals surface area (Å²) in [5, 5.41) is 12.2. The Morgan fingerprint density at radius 1 is 1.08 bits per heavy atom. The average Bonchev–Trinajstić information content (AvgIpc) is 3.08. The molecule has 0 aliphatic heterocycles. The topological polar surface area (TPSA) is 37.8 Å². The van der Waals surface area contributed by atoms with Crippen molar-refractivity contribution < 1.29 is 0 Å². The first-order chi connectivity index (χ1) is 11.8. The molecule has 1 unspecified atom stereocenters. The predicted molar refractivity (Wildman–Crippen MR) is 111 cm³/mol. The fourth-order valence-electron chi connectivity index (χ4n) is 2.46. The molecule has 0 amide bonds. The van der Waals surface area contributed by atoms with Gasteiger partial charge in [-0.1, -0.05) is 62.5 Å². The van der Waals surface area contributed by atoms with Crippen LogP contribution in [0.4, 0.5) is 5.13 Å². The van der Waals surface area contributed by atoms with E-state index >= 15 is 0 Å². The van der Waals surface area contributed by atoms with Gasteiger partial charge in [0.15, 0.2) is 0 Å². The van der Waals surface area contributed by atoms with E-state index in [1.807, 2.05) is 0 Å². The van der Waals surface area contributed by atoms with Crippen molar-refractivity contribution in [1.82, 2.24) is 10.2 Å². The summed E-state index contributed by atoms with van der Waals surface area (Å²) in [4.78, 5) is 0. The van der Waals surface area contributed by atoms with Crippen LogP contribution in [0.3, 0.4) is 0 Å². The lowest BCUT2D eigenvalue weighted by atomic mass is 10.1. The van der Waals surface area contributed by atoms with Crippen molar-refractivity contribution in [3.8, 4) is 0 Å². The molecular formula is C19H35N3S2. The standard InChI is InChI=1S/C19H35N3S2/c1-3-4-5-6-7-8-9-10-11-12-13-15-23-16-14-18(2)21-19-22-20-17-24-19/h10-11,17-18H,3-9,12-16H2,1-2H3,(H,21,22)/b11-10-. The molecule has 1 N–H and O–H groups in total. The zero-order valence-corrected chi connectivity index (χ0v) is 17.1. The number of unbranched alkanes of at least 4 members (excludes halogenated alkanes) is 7. The second-order valence-corrected chi connectivity index (χ2v) is 8.42. The van der Waals surface area contributed by atoms with Crippen LogP contribution in [0.2, 0.25) is 0 Å². The highest BCUT2D eigenvalue weighted by Crippen LogP contribution is 2.14. The number of hydrogen-bond donors (Lipinski definition) is 1. The Hall–Kier alpha value is -0.550. The normalized spacial score (nSPS) is 12.8. The zero-order valence-electron chi connectivity index (χ0n) is 15.5. The van der Waals surface area contributed by atoms with E-state index in [0.29, 0.717) is 6.04 Å². The van der Waals surface area contributed by atoms with Crippen molar-refractivity contribution in [2.24, 2.45) is 0 Å². The lowest BCUT2D eigenvalue weighted by Crippen LogP contribution is -2.15. The van der Waals surface area contributed by atoms with Crippen molar-refractivity contribution in [3.63, 3.8) is 0 Å². The van der Waals surface area contributed by atoms with Gasteiger partial charge < -0.3 is 5.32 Å². The van der Waals surface area contributed by atoms with E-state index in [1.54, 1.807) is 16.8 Å². The smallest absolute Gasteiger partial charge is 0.205 e. The Labute approximate surface area is 157 Å². The Morgan fingerprint density at radius 2 is 1.83 bits per heavy atom. The van der Waals surface area contributed by atoms with Gasteiger partial charge in [-0.15, -0.1) is 10.2 Å². The third-order valence-corrected chi connectivity index (χ3v) is 5.70. The molecule has 0 radical (unpaired) electrons. The van der Waals surface area contributed by atoms with E-state index in [1.165, 1.54) is 75.7 Å². The molecule has 0 saturated heterocycles. The minimum Gasteiger partial charge on any atom is -0.358 e. The number of hydrogen-bond acceptors (Lipinski definition) is 5. The van der Waals surface area contributed by atoms with Gasteiger partial charge in [0.05, 0.1) is 0 Å². The summed E-state index contributed by atoms with van der Waals surface area (Å²) < 4.78 is 0. The first kappa shape index (κ1) is 21.5. The SMILES string of the molecule is CCCCCCCC/C=C\CCCSCCC(C)Nc1nncs1. The molecule has 0 fully saturated rings. The highest BCUT2D eigenvalue weighted by molar-refractivity contribution is 7.99. The summed E-state index contributed by atoms with van der Waals surface area (Å²) in [7, 11) is 0. The molecule has 24 heavy (non-hydrogen) atoms. The van der Waals surface area contributed by atoms with Gasteiger partial charge in [0.2, 0.25) is 5.13 Å². The Balaban J connectivity index is 1.80. The van der Waals surface area contributed by atoms with Gasteiger partial charge >= 0.3 is 0 Å². The minimum atomic E-state index is 0.475. The first-order valence-electron chi connectivity index (χ1n) is 9.58.